The molecule has 0 bridgehead atoms. The van der Waals surface area contributed by atoms with Crippen molar-refractivity contribution < 1.29 is 12.9 Å². The number of nitrogens with one attached hydrogen (secondary N) is 1. The standard InChI is InChI=1S/C13H14Cl2N2O3S/c1-8-5-11(20-16-8)7-21(18,19)17-9(2)12-4-3-10(14)6-13(12)15/h3-6,9,17H,7H2,1-2H3/t9-/m1/s1. The number of nitrogens with zero attached hydrogens (tertiary/aromatic N) is 1. The van der Waals surface area contributed by atoms with E-state index in [1.54, 1.807) is 38.1 Å². The van der Waals surface area contributed by atoms with Crippen LogP contribution in [0.1, 0.15) is 30.0 Å². The third kappa shape index (κ3) is 4.44. The van der Waals surface area contributed by atoms with Crippen molar-refractivity contribution in [2.24, 2.45) is 0 Å². The smallest absolute Gasteiger partial charge is 0.219 e. The molecule has 0 aliphatic heterocycles. The van der Waals surface area contributed by atoms with Crippen molar-refractivity contribution in [3.63, 3.8) is 0 Å². The van der Waals surface area contributed by atoms with Gasteiger partial charge < -0.3 is 4.52 Å². The minimum absolute atomic E-state index is 0.274. The predicted octanol–water partition coefficient (Wildman–Crippen LogP) is 3.47. The zero-order valence-corrected chi connectivity index (χ0v) is 13.8. The van der Waals surface area contributed by atoms with Gasteiger partial charge in [0.25, 0.3) is 0 Å². The Labute approximate surface area is 133 Å². The molecule has 1 aromatic heterocycles. The number of hydrogen-bond acceptors (Lipinski definition) is 4. The maximum atomic E-state index is 12.1. The van der Waals surface area contributed by atoms with Crippen LogP contribution in [0.25, 0.3) is 0 Å². The molecule has 0 spiro atoms. The molecule has 0 saturated carbocycles. The van der Waals surface area contributed by atoms with Crippen LogP contribution in [0, 0.1) is 6.92 Å². The summed E-state index contributed by atoms with van der Waals surface area (Å²) >= 11 is 11.9. The summed E-state index contributed by atoms with van der Waals surface area (Å²) in [5.41, 5.74) is 1.28. The average molecular weight is 349 g/mol. The fourth-order valence-electron chi connectivity index (χ4n) is 1.90. The van der Waals surface area contributed by atoms with E-state index in [9.17, 15) is 8.42 Å². The molecular weight excluding hydrogens is 335 g/mol. The Morgan fingerprint density at radius 1 is 1.33 bits per heavy atom. The number of rotatable bonds is 5. The minimum Gasteiger partial charge on any atom is -0.360 e. The second-order valence-electron chi connectivity index (χ2n) is 4.70. The average Bonchev–Trinajstić information content (AvgIpc) is 2.72. The normalized spacial score (nSPS) is 13.3. The summed E-state index contributed by atoms with van der Waals surface area (Å²) in [7, 11) is -3.57. The van der Waals surface area contributed by atoms with Gasteiger partial charge in [0.05, 0.1) is 5.69 Å². The first-order valence-corrected chi connectivity index (χ1v) is 8.55. The van der Waals surface area contributed by atoms with E-state index in [1.165, 1.54) is 0 Å². The van der Waals surface area contributed by atoms with Crippen molar-refractivity contribution in [3.05, 3.63) is 51.3 Å². The van der Waals surface area contributed by atoms with E-state index in [0.29, 0.717) is 21.3 Å². The maximum absolute atomic E-state index is 12.1. The van der Waals surface area contributed by atoms with Gasteiger partial charge in [0, 0.05) is 22.2 Å². The number of hydrogen-bond donors (Lipinski definition) is 1. The summed E-state index contributed by atoms with van der Waals surface area (Å²) in [6, 6.07) is 6.02. The highest BCUT2D eigenvalue weighted by atomic mass is 35.5. The molecule has 5 nitrogen and oxygen atoms in total. The second kappa shape index (κ2) is 6.36. The lowest BCUT2D eigenvalue weighted by Crippen LogP contribution is -2.28. The van der Waals surface area contributed by atoms with Gasteiger partial charge in [-0.25, -0.2) is 13.1 Å². The van der Waals surface area contributed by atoms with E-state index in [-0.39, 0.29) is 11.5 Å². The zero-order valence-electron chi connectivity index (χ0n) is 11.4. The molecule has 21 heavy (non-hydrogen) atoms. The molecule has 1 aromatic carbocycles. The third-order valence-corrected chi connectivity index (χ3v) is 4.73. The third-order valence-electron chi connectivity index (χ3n) is 2.79. The molecule has 0 unspecified atom stereocenters. The van der Waals surface area contributed by atoms with Gasteiger partial charge in [0.15, 0.2) is 5.76 Å². The molecule has 0 radical (unpaired) electrons. The lowest BCUT2D eigenvalue weighted by molar-refractivity contribution is 0.388. The summed E-state index contributed by atoms with van der Waals surface area (Å²) in [6.07, 6.45) is 0. The monoisotopic (exact) mass is 348 g/mol. The van der Waals surface area contributed by atoms with Crippen LogP contribution in [0.3, 0.4) is 0 Å². The first-order chi connectivity index (χ1) is 9.77. The summed E-state index contributed by atoms with van der Waals surface area (Å²) in [5, 5.41) is 4.57. The Morgan fingerprint density at radius 3 is 2.62 bits per heavy atom. The molecule has 2 rings (SSSR count). The first-order valence-electron chi connectivity index (χ1n) is 6.14. The fourth-order valence-corrected chi connectivity index (χ4v) is 3.73. The van der Waals surface area contributed by atoms with E-state index in [2.05, 4.69) is 9.88 Å². The number of aryl methyl sites for hydroxylation is 1. The number of sulfonamides is 1. The van der Waals surface area contributed by atoms with Crippen LogP contribution in [0.4, 0.5) is 0 Å². The van der Waals surface area contributed by atoms with Crippen LogP contribution >= 0.6 is 23.2 Å². The van der Waals surface area contributed by atoms with Gasteiger partial charge in [0.1, 0.15) is 5.75 Å². The molecular formula is C13H14Cl2N2O3S. The molecule has 114 valence electrons. The van der Waals surface area contributed by atoms with Gasteiger partial charge in [-0.05, 0) is 31.5 Å². The van der Waals surface area contributed by atoms with Gasteiger partial charge >= 0.3 is 0 Å². The first kappa shape index (κ1) is 16.3. The predicted molar refractivity (Wildman–Crippen MR) is 81.9 cm³/mol. The van der Waals surface area contributed by atoms with Gasteiger partial charge in [-0.2, -0.15) is 0 Å². The van der Waals surface area contributed by atoms with Crippen LogP contribution in [0.15, 0.2) is 28.8 Å². The van der Waals surface area contributed by atoms with Crippen molar-refractivity contribution in [2.45, 2.75) is 25.6 Å². The molecule has 0 aliphatic rings. The van der Waals surface area contributed by atoms with Gasteiger partial charge in [-0.15, -0.1) is 0 Å². The molecule has 1 atom stereocenters. The van der Waals surface area contributed by atoms with Crippen LogP contribution in [0.5, 0.6) is 0 Å². The van der Waals surface area contributed by atoms with Crippen molar-refractivity contribution in [1.82, 2.24) is 9.88 Å². The van der Waals surface area contributed by atoms with E-state index < -0.39 is 16.1 Å². The Morgan fingerprint density at radius 2 is 2.05 bits per heavy atom. The molecule has 2 aromatic rings. The second-order valence-corrected chi connectivity index (χ2v) is 7.30. The van der Waals surface area contributed by atoms with E-state index in [1.807, 2.05) is 0 Å². The lowest BCUT2D eigenvalue weighted by atomic mass is 10.1. The Bertz CT molecular complexity index is 744. The van der Waals surface area contributed by atoms with E-state index in [0.717, 1.165) is 0 Å². The maximum Gasteiger partial charge on any atom is 0.219 e. The highest BCUT2D eigenvalue weighted by molar-refractivity contribution is 7.88. The summed E-state index contributed by atoms with van der Waals surface area (Å²) in [6.45, 7) is 3.43. The van der Waals surface area contributed by atoms with E-state index in [4.69, 9.17) is 27.7 Å². The van der Waals surface area contributed by atoms with Gasteiger partial charge in [0.2, 0.25) is 10.0 Å². The van der Waals surface area contributed by atoms with Crippen LogP contribution in [0.2, 0.25) is 10.0 Å². The number of benzene rings is 1. The molecule has 1 N–H and O–H groups in total. The van der Waals surface area contributed by atoms with Crippen molar-refractivity contribution in [2.75, 3.05) is 0 Å². The van der Waals surface area contributed by atoms with Crippen LogP contribution in [-0.4, -0.2) is 13.6 Å². The lowest BCUT2D eigenvalue weighted by Gasteiger charge is -2.15. The molecule has 0 saturated heterocycles. The highest BCUT2D eigenvalue weighted by Gasteiger charge is 2.20. The molecule has 0 amide bonds. The summed E-state index contributed by atoms with van der Waals surface area (Å²) < 4.78 is 31.7. The van der Waals surface area contributed by atoms with Crippen LogP contribution < -0.4 is 4.72 Å². The molecule has 0 fully saturated rings. The van der Waals surface area contributed by atoms with Crippen molar-refractivity contribution in [3.8, 4) is 0 Å². The summed E-state index contributed by atoms with van der Waals surface area (Å²) in [5.74, 6) is 0.0121. The highest BCUT2D eigenvalue weighted by Crippen LogP contribution is 2.26. The molecule has 8 heteroatoms. The molecule has 0 aliphatic carbocycles. The Hall–Kier alpha value is -1.08. The summed E-state index contributed by atoms with van der Waals surface area (Å²) in [4.78, 5) is 0. The van der Waals surface area contributed by atoms with Crippen molar-refractivity contribution >= 4 is 33.2 Å². The van der Waals surface area contributed by atoms with Crippen LogP contribution in [-0.2, 0) is 15.8 Å². The van der Waals surface area contributed by atoms with Crippen molar-refractivity contribution in [1.29, 1.82) is 0 Å². The number of halogens is 2. The van der Waals surface area contributed by atoms with Gasteiger partial charge in [-0.3, -0.25) is 0 Å². The zero-order chi connectivity index (χ0) is 15.6. The van der Waals surface area contributed by atoms with Gasteiger partial charge in [-0.1, -0.05) is 34.4 Å². The topological polar surface area (TPSA) is 72.2 Å². The minimum atomic E-state index is -3.57. The molecule has 1 heterocycles. The SMILES string of the molecule is Cc1cc(CS(=O)(=O)N[C@H](C)c2ccc(Cl)cc2Cl)on1. The fraction of sp³-hybridized carbons (Fsp3) is 0.308. The Kier molecular flexibility index (Phi) is 4.93. The quantitative estimate of drug-likeness (QED) is 0.897. The number of aromatic nitrogens is 1. The Balaban J connectivity index is 2.12. The largest absolute Gasteiger partial charge is 0.360 e. The van der Waals surface area contributed by atoms with E-state index >= 15 is 0 Å².